The van der Waals surface area contributed by atoms with Crippen molar-refractivity contribution < 1.29 is 9.53 Å². The average Bonchev–Trinajstić information content (AvgIpc) is 3.00. The summed E-state index contributed by atoms with van der Waals surface area (Å²) < 4.78 is 6.53. The smallest absolute Gasteiger partial charge is 0.255 e. The first kappa shape index (κ1) is 20.4. The third-order valence-electron chi connectivity index (χ3n) is 6.74. The minimum absolute atomic E-state index is 0.0289. The molecular weight excluding hydrogens is 398 g/mol. The van der Waals surface area contributed by atoms with E-state index in [0.29, 0.717) is 0 Å². The van der Waals surface area contributed by atoms with E-state index in [0.717, 1.165) is 69.3 Å². The van der Waals surface area contributed by atoms with Gasteiger partial charge in [-0.2, -0.15) is 0 Å². The van der Waals surface area contributed by atoms with Crippen molar-refractivity contribution in [2.24, 2.45) is 0 Å². The highest BCUT2D eigenvalue weighted by Gasteiger charge is 2.55. The maximum Gasteiger partial charge on any atom is 0.255 e. The van der Waals surface area contributed by atoms with Crippen LogP contribution in [0, 0.1) is 13.8 Å². The van der Waals surface area contributed by atoms with Gasteiger partial charge in [0.2, 0.25) is 0 Å². The molecule has 0 fully saturated rings. The standard InChI is InChI=1S/C27H29N3O2/c1-6-28-22-14-24-20(12-16(22)3)27(19-11-9-8-10-18(19)26(31)30(27)5)21-13-17(4)23(29-7-2)15-25(21)32-24/h8-15,28-29H,6-7H2,1-5H3. The summed E-state index contributed by atoms with van der Waals surface area (Å²) in [7, 11) is 1.91. The number of nitrogens with zero attached hydrogens (tertiary/aromatic N) is 1. The highest BCUT2D eigenvalue weighted by Crippen LogP contribution is 2.58. The minimum Gasteiger partial charge on any atom is -0.456 e. The van der Waals surface area contributed by atoms with Crippen LogP contribution >= 0.6 is 0 Å². The summed E-state index contributed by atoms with van der Waals surface area (Å²) in [6.45, 7) is 10.0. The zero-order valence-electron chi connectivity index (χ0n) is 19.3. The van der Waals surface area contributed by atoms with Gasteiger partial charge in [-0.3, -0.25) is 4.79 Å². The van der Waals surface area contributed by atoms with Crippen molar-refractivity contribution in [3.05, 3.63) is 81.9 Å². The van der Waals surface area contributed by atoms with Crippen molar-refractivity contribution in [3.63, 3.8) is 0 Å². The van der Waals surface area contributed by atoms with Gasteiger partial charge < -0.3 is 20.3 Å². The highest BCUT2D eigenvalue weighted by molar-refractivity contribution is 6.02. The topological polar surface area (TPSA) is 53.6 Å². The van der Waals surface area contributed by atoms with Crippen molar-refractivity contribution in [2.75, 3.05) is 30.8 Å². The fourth-order valence-corrected chi connectivity index (χ4v) is 5.29. The predicted molar refractivity (Wildman–Crippen MR) is 129 cm³/mol. The van der Waals surface area contributed by atoms with Crippen molar-refractivity contribution in [1.82, 2.24) is 4.90 Å². The molecule has 3 aromatic rings. The Labute approximate surface area is 189 Å². The molecule has 164 valence electrons. The molecule has 0 unspecified atom stereocenters. The molecule has 2 aliphatic heterocycles. The Morgan fingerprint density at radius 1 is 0.844 bits per heavy atom. The number of amides is 1. The lowest BCUT2D eigenvalue weighted by molar-refractivity contribution is 0.0727. The van der Waals surface area contributed by atoms with Gasteiger partial charge in [-0.1, -0.05) is 18.2 Å². The van der Waals surface area contributed by atoms with Gasteiger partial charge in [0.1, 0.15) is 17.0 Å². The molecule has 32 heavy (non-hydrogen) atoms. The molecule has 0 aliphatic carbocycles. The van der Waals surface area contributed by atoms with Crippen molar-refractivity contribution in [2.45, 2.75) is 33.2 Å². The lowest BCUT2D eigenvalue weighted by atomic mass is 9.74. The molecule has 5 rings (SSSR count). The molecular formula is C27H29N3O2. The SMILES string of the molecule is CCNc1cc2c(cc1C)C1(c3cc(C)c(NCC)cc3O2)c2ccccc2C(=O)N1C. The van der Waals surface area contributed by atoms with Crippen LogP contribution in [0.15, 0.2) is 48.5 Å². The summed E-state index contributed by atoms with van der Waals surface area (Å²) in [5.74, 6) is 1.59. The molecule has 1 amide bonds. The maximum absolute atomic E-state index is 13.5. The Morgan fingerprint density at radius 3 is 1.91 bits per heavy atom. The number of hydrogen-bond acceptors (Lipinski definition) is 4. The zero-order chi connectivity index (χ0) is 22.6. The highest BCUT2D eigenvalue weighted by atomic mass is 16.5. The number of fused-ring (bicyclic) bond motifs is 6. The van der Waals surface area contributed by atoms with Crippen LogP contribution in [-0.4, -0.2) is 30.9 Å². The molecule has 2 N–H and O–H groups in total. The van der Waals surface area contributed by atoms with Crippen LogP contribution in [0.2, 0.25) is 0 Å². The van der Waals surface area contributed by atoms with Crippen molar-refractivity contribution >= 4 is 17.3 Å². The Morgan fingerprint density at radius 2 is 1.38 bits per heavy atom. The normalized spacial score (nSPS) is 15.2. The fraction of sp³-hybridized carbons (Fsp3) is 0.296. The quantitative estimate of drug-likeness (QED) is 0.565. The van der Waals surface area contributed by atoms with E-state index in [4.69, 9.17) is 4.74 Å². The molecule has 0 aromatic heterocycles. The van der Waals surface area contributed by atoms with Crippen molar-refractivity contribution in [3.8, 4) is 11.5 Å². The number of hydrogen-bond donors (Lipinski definition) is 2. The van der Waals surface area contributed by atoms with E-state index in [1.807, 2.05) is 30.1 Å². The van der Waals surface area contributed by atoms with Gasteiger partial charge in [0.25, 0.3) is 5.91 Å². The molecule has 5 nitrogen and oxygen atoms in total. The predicted octanol–water partition coefficient (Wildman–Crippen LogP) is 5.65. The van der Waals surface area contributed by atoms with Crippen LogP contribution in [0.1, 0.15) is 52.0 Å². The lowest BCUT2D eigenvalue weighted by Gasteiger charge is -2.43. The minimum atomic E-state index is -0.735. The van der Waals surface area contributed by atoms with E-state index in [9.17, 15) is 4.79 Å². The molecule has 2 aliphatic rings. The average molecular weight is 428 g/mol. The Balaban J connectivity index is 1.88. The van der Waals surface area contributed by atoms with Gasteiger partial charge in [-0.25, -0.2) is 0 Å². The first-order chi connectivity index (χ1) is 15.4. The third kappa shape index (κ3) is 2.60. The zero-order valence-corrected chi connectivity index (χ0v) is 19.3. The van der Waals surface area contributed by atoms with E-state index < -0.39 is 5.54 Å². The van der Waals surface area contributed by atoms with Crippen molar-refractivity contribution in [1.29, 1.82) is 0 Å². The number of nitrogens with one attached hydrogen (secondary N) is 2. The van der Waals surface area contributed by atoms with E-state index in [1.54, 1.807) is 0 Å². The van der Waals surface area contributed by atoms with E-state index in [2.05, 4.69) is 68.7 Å². The summed E-state index contributed by atoms with van der Waals surface area (Å²) in [4.78, 5) is 15.3. The summed E-state index contributed by atoms with van der Waals surface area (Å²) >= 11 is 0. The van der Waals surface area contributed by atoms with Crippen LogP contribution in [0.5, 0.6) is 11.5 Å². The van der Waals surface area contributed by atoms with Crippen LogP contribution in [-0.2, 0) is 5.54 Å². The molecule has 2 heterocycles. The largest absolute Gasteiger partial charge is 0.456 e. The Hall–Kier alpha value is -3.47. The van der Waals surface area contributed by atoms with Crippen LogP contribution in [0.4, 0.5) is 11.4 Å². The molecule has 0 radical (unpaired) electrons. The van der Waals surface area contributed by atoms with E-state index in [-0.39, 0.29) is 5.91 Å². The number of rotatable bonds is 4. The van der Waals surface area contributed by atoms with Gasteiger partial charge in [0, 0.05) is 60.3 Å². The number of benzene rings is 3. The molecule has 0 saturated carbocycles. The number of carbonyl (C=O) groups excluding carboxylic acids is 1. The fourth-order valence-electron chi connectivity index (χ4n) is 5.29. The van der Waals surface area contributed by atoms with E-state index >= 15 is 0 Å². The first-order valence-electron chi connectivity index (χ1n) is 11.3. The lowest BCUT2D eigenvalue weighted by Crippen LogP contribution is -2.45. The molecule has 0 bridgehead atoms. The molecule has 5 heteroatoms. The monoisotopic (exact) mass is 427 g/mol. The van der Waals surface area contributed by atoms with E-state index in [1.165, 1.54) is 0 Å². The van der Waals surface area contributed by atoms with Crippen LogP contribution < -0.4 is 15.4 Å². The summed E-state index contributed by atoms with van der Waals surface area (Å²) in [5, 5.41) is 6.87. The Bertz CT molecular complexity index is 1190. The molecule has 0 saturated heterocycles. The number of carbonyl (C=O) groups is 1. The number of anilines is 2. The number of aryl methyl sites for hydroxylation is 2. The Kier molecular flexibility index (Phi) is 4.66. The number of ether oxygens (including phenoxy) is 1. The summed E-state index contributed by atoms with van der Waals surface area (Å²) in [6, 6.07) is 16.5. The maximum atomic E-state index is 13.5. The van der Waals surface area contributed by atoms with Gasteiger partial charge in [-0.05, 0) is 62.6 Å². The van der Waals surface area contributed by atoms with Crippen LogP contribution in [0.25, 0.3) is 0 Å². The molecule has 0 atom stereocenters. The molecule has 1 spiro atoms. The first-order valence-corrected chi connectivity index (χ1v) is 11.3. The third-order valence-corrected chi connectivity index (χ3v) is 6.74. The second-order valence-electron chi connectivity index (χ2n) is 8.61. The van der Waals surface area contributed by atoms with Gasteiger partial charge in [0.15, 0.2) is 0 Å². The summed E-state index contributed by atoms with van der Waals surface area (Å²) in [6.07, 6.45) is 0. The summed E-state index contributed by atoms with van der Waals surface area (Å²) in [5.41, 5.74) is 7.36. The molecule has 3 aromatic carbocycles. The van der Waals surface area contributed by atoms with Gasteiger partial charge in [0.05, 0.1) is 0 Å². The van der Waals surface area contributed by atoms with Gasteiger partial charge in [-0.15, -0.1) is 0 Å². The van der Waals surface area contributed by atoms with Gasteiger partial charge >= 0.3 is 0 Å². The van der Waals surface area contributed by atoms with Crippen LogP contribution in [0.3, 0.4) is 0 Å². The second kappa shape index (κ2) is 7.30. The second-order valence-corrected chi connectivity index (χ2v) is 8.61.